The van der Waals surface area contributed by atoms with Crippen LogP contribution in [0.4, 0.5) is 5.82 Å². The molecule has 0 saturated heterocycles. The highest BCUT2D eigenvalue weighted by molar-refractivity contribution is 6.06. The topological polar surface area (TPSA) is 101 Å². The van der Waals surface area contributed by atoms with Crippen LogP contribution in [0.15, 0.2) is 48.7 Å². The van der Waals surface area contributed by atoms with Crippen molar-refractivity contribution >= 4 is 28.4 Å². The lowest BCUT2D eigenvalue weighted by Crippen LogP contribution is -2.12. The van der Waals surface area contributed by atoms with Crippen LogP contribution in [0, 0.1) is 0 Å². The SMILES string of the molecule is NC(=O)c1ccc2ccc(C(=O)Nc3ccn[nH]3)cc2c1. The van der Waals surface area contributed by atoms with Gasteiger partial charge in [-0.05, 0) is 35.0 Å². The zero-order valence-corrected chi connectivity index (χ0v) is 11.0. The fourth-order valence-corrected chi connectivity index (χ4v) is 2.06. The first-order valence-electron chi connectivity index (χ1n) is 6.28. The number of carbonyl (C=O) groups is 2. The van der Waals surface area contributed by atoms with Crippen molar-refractivity contribution in [2.45, 2.75) is 0 Å². The van der Waals surface area contributed by atoms with E-state index in [1.807, 2.05) is 6.07 Å². The molecule has 0 fully saturated rings. The van der Waals surface area contributed by atoms with Crippen LogP contribution in [0.1, 0.15) is 20.7 Å². The molecule has 0 spiro atoms. The van der Waals surface area contributed by atoms with Crippen molar-refractivity contribution in [1.82, 2.24) is 10.2 Å². The summed E-state index contributed by atoms with van der Waals surface area (Å²) in [7, 11) is 0. The molecule has 6 nitrogen and oxygen atoms in total. The average molecular weight is 280 g/mol. The minimum atomic E-state index is -0.496. The van der Waals surface area contributed by atoms with E-state index in [1.165, 1.54) is 0 Å². The van der Waals surface area contributed by atoms with Gasteiger partial charge in [0.2, 0.25) is 5.91 Å². The Balaban J connectivity index is 1.95. The lowest BCUT2D eigenvalue weighted by molar-refractivity contribution is 0.0998. The Bertz CT molecular complexity index is 825. The van der Waals surface area contributed by atoms with E-state index < -0.39 is 5.91 Å². The van der Waals surface area contributed by atoms with Gasteiger partial charge in [-0.3, -0.25) is 14.7 Å². The minimum Gasteiger partial charge on any atom is -0.366 e. The summed E-state index contributed by atoms with van der Waals surface area (Å²) in [6.07, 6.45) is 1.55. The van der Waals surface area contributed by atoms with Gasteiger partial charge in [0, 0.05) is 17.2 Å². The number of aromatic nitrogens is 2. The third-order valence-corrected chi connectivity index (χ3v) is 3.14. The van der Waals surface area contributed by atoms with Crippen molar-refractivity contribution in [3.8, 4) is 0 Å². The summed E-state index contributed by atoms with van der Waals surface area (Å²) < 4.78 is 0. The summed E-state index contributed by atoms with van der Waals surface area (Å²) in [6.45, 7) is 0. The number of hydrogen-bond acceptors (Lipinski definition) is 3. The van der Waals surface area contributed by atoms with E-state index in [1.54, 1.807) is 42.6 Å². The third kappa shape index (κ3) is 2.59. The summed E-state index contributed by atoms with van der Waals surface area (Å²) in [5.41, 5.74) is 6.16. The summed E-state index contributed by atoms with van der Waals surface area (Å²) >= 11 is 0. The Morgan fingerprint density at radius 2 is 1.71 bits per heavy atom. The number of nitrogens with one attached hydrogen (secondary N) is 2. The number of benzene rings is 2. The number of rotatable bonds is 3. The second kappa shape index (κ2) is 5.09. The van der Waals surface area contributed by atoms with Gasteiger partial charge < -0.3 is 11.1 Å². The maximum atomic E-state index is 12.1. The Hall–Kier alpha value is -3.15. The highest BCUT2D eigenvalue weighted by Crippen LogP contribution is 2.18. The van der Waals surface area contributed by atoms with E-state index in [-0.39, 0.29) is 5.91 Å². The number of primary amides is 1. The molecule has 3 aromatic rings. The third-order valence-electron chi connectivity index (χ3n) is 3.14. The van der Waals surface area contributed by atoms with Crippen LogP contribution in [0.5, 0.6) is 0 Å². The summed E-state index contributed by atoms with van der Waals surface area (Å²) in [6, 6.07) is 12.0. The van der Waals surface area contributed by atoms with Gasteiger partial charge in [-0.2, -0.15) is 5.10 Å². The average Bonchev–Trinajstić information content (AvgIpc) is 2.98. The first kappa shape index (κ1) is 12.9. The van der Waals surface area contributed by atoms with E-state index in [0.717, 1.165) is 10.8 Å². The second-order valence-corrected chi connectivity index (χ2v) is 4.57. The molecule has 1 aromatic heterocycles. The Labute approximate surface area is 120 Å². The quantitative estimate of drug-likeness (QED) is 0.683. The van der Waals surface area contributed by atoms with Gasteiger partial charge in [0.05, 0.1) is 6.20 Å². The molecule has 3 rings (SSSR count). The van der Waals surface area contributed by atoms with Gasteiger partial charge in [-0.1, -0.05) is 12.1 Å². The van der Waals surface area contributed by atoms with Crippen LogP contribution < -0.4 is 11.1 Å². The molecule has 1 heterocycles. The summed E-state index contributed by atoms with van der Waals surface area (Å²) in [4.78, 5) is 23.3. The standard InChI is InChI=1S/C15H12N4O2/c16-14(20)10-3-1-9-2-4-11(8-12(9)7-10)15(21)18-13-5-6-17-19-13/h1-8H,(H2,16,20)(H2,17,18,19,21). The largest absolute Gasteiger partial charge is 0.366 e. The first-order valence-corrected chi connectivity index (χ1v) is 6.28. The van der Waals surface area contributed by atoms with Crippen molar-refractivity contribution in [1.29, 1.82) is 0 Å². The fraction of sp³-hybridized carbons (Fsp3) is 0. The van der Waals surface area contributed by atoms with Gasteiger partial charge in [0.15, 0.2) is 0 Å². The fourth-order valence-electron chi connectivity index (χ4n) is 2.06. The number of carbonyl (C=O) groups excluding carboxylic acids is 2. The lowest BCUT2D eigenvalue weighted by Gasteiger charge is -2.05. The molecule has 0 unspecified atom stereocenters. The van der Waals surface area contributed by atoms with Crippen molar-refractivity contribution < 1.29 is 9.59 Å². The number of nitrogens with zero attached hydrogens (tertiary/aromatic N) is 1. The molecule has 4 N–H and O–H groups in total. The molecule has 0 radical (unpaired) electrons. The molecule has 6 heteroatoms. The second-order valence-electron chi connectivity index (χ2n) is 4.57. The molecule has 0 bridgehead atoms. The molecule has 0 atom stereocenters. The van der Waals surface area contributed by atoms with Gasteiger partial charge >= 0.3 is 0 Å². The Morgan fingerprint density at radius 1 is 1.00 bits per heavy atom. The molecule has 2 amide bonds. The maximum Gasteiger partial charge on any atom is 0.256 e. The van der Waals surface area contributed by atoms with Crippen molar-refractivity contribution in [3.05, 3.63) is 59.8 Å². The number of anilines is 1. The van der Waals surface area contributed by atoms with Crippen molar-refractivity contribution in [2.75, 3.05) is 5.32 Å². The number of amides is 2. The van der Waals surface area contributed by atoms with Crippen LogP contribution >= 0.6 is 0 Å². The zero-order valence-electron chi connectivity index (χ0n) is 11.0. The zero-order chi connectivity index (χ0) is 14.8. The van der Waals surface area contributed by atoms with Crippen LogP contribution in [-0.4, -0.2) is 22.0 Å². The number of aromatic amines is 1. The Kier molecular flexibility index (Phi) is 3.12. The highest BCUT2D eigenvalue weighted by Gasteiger charge is 2.08. The monoisotopic (exact) mass is 280 g/mol. The van der Waals surface area contributed by atoms with Crippen molar-refractivity contribution in [3.63, 3.8) is 0 Å². The number of hydrogen-bond donors (Lipinski definition) is 3. The molecule has 21 heavy (non-hydrogen) atoms. The van der Waals surface area contributed by atoms with E-state index in [0.29, 0.717) is 16.9 Å². The van der Waals surface area contributed by atoms with Crippen molar-refractivity contribution in [2.24, 2.45) is 5.73 Å². The highest BCUT2D eigenvalue weighted by atomic mass is 16.2. The van der Waals surface area contributed by atoms with Gasteiger partial charge in [-0.15, -0.1) is 0 Å². The maximum absolute atomic E-state index is 12.1. The molecule has 2 aromatic carbocycles. The van der Waals surface area contributed by atoms with E-state index >= 15 is 0 Å². The number of nitrogens with two attached hydrogens (primary N) is 1. The molecular weight excluding hydrogens is 268 g/mol. The molecule has 0 aliphatic rings. The predicted molar refractivity (Wildman–Crippen MR) is 79.0 cm³/mol. The van der Waals surface area contributed by atoms with Gasteiger partial charge in [0.1, 0.15) is 5.82 Å². The number of fused-ring (bicyclic) bond motifs is 1. The van der Waals surface area contributed by atoms with Gasteiger partial charge in [-0.25, -0.2) is 0 Å². The van der Waals surface area contributed by atoms with Crippen LogP contribution in [-0.2, 0) is 0 Å². The predicted octanol–water partition coefficient (Wildman–Crippen LogP) is 1.91. The smallest absolute Gasteiger partial charge is 0.256 e. The van der Waals surface area contributed by atoms with Crippen LogP contribution in [0.2, 0.25) is 0 Å². The number of H-pyrrole nitrogens is 1. The van der Waals surface area contributed by atoms with E-state index in [9.17, 15) is 9.59 Å². The molecule has 0 aliphatic heterocycles. The summed E-state index contributed by atoms with van der Waals surface area (Å²) in [5.74, 6) is -0.235. The molecule has 0 aliphatic carbocycles. The van der Waals surface area contributed by atoms with Gasteiger partial charge in [0.25, 0.3) is 5.91 Å². The lowest BCUT2D eigenvalue weighted by atomic mass is 10.0. The normalized spacial score (nSPS) is 10.5. The van der Waals surface area contributed by atoms with Crippen LogP contribution in [0.25, 0.3) is 10.8 Å². The van der Waals surface area contributed by atoms with E-state index in [2.05, 4.69) is 15.5 Å². The minimum absolute atomic E-state index is 0.259. The van der Waals surface area contributed by atoms with Crippen LogP contribution in [0.3, 0.4) is 0 Å². The van der Waals surface area contributed by atoms with E-state index in [4.69, 9.17) is 5.73 Å². The molecule has 104 valence electrons. The molecule has 0 saturated carbocycles. The molecular formula is C15H12N4O2. The first-order chi connectivity index (χ1) is 10.1. The summed E-state index contributed by atoms with van der Waals surface area (Å²) in [5, 5.41) is 10.8. The Morgan fingerprint density at radius 3 is 2.38 bits per heavy atom.